The molecule has 0 spiro atoms. The van der Waals surface area contributed by atoms with E-state index in [1.165, 1.54) is 24.9 Å². The molecule has 2 fully saturated rings. The quantitative estimate of drug-likeness (QED) is 0.873. The van der Waals surface area contributed by atoms with Gasteiger partial charge in [-0.05, 0) is 50.3 Å². The maximum atomic E-state index is 12.7. The van der Waals surface area contributed by atoms with Gasteiger partial charge in [-0.1, -0.05) is 12.1 Å². The second-order valence-corrected chi connectivity index (χ2v) is 6.48. The van der Waals surface area contributed by atoms with Crippen molar-refractivity contribution in [2.45, 2.75) is 44.2 Å². The molecule has 4 heteroatoms. The van der Waals surface area contributed by atoms with Crippen LogP contribution in [0.4, 0.5) is 5.69 Å². The molecule has 3 aliphatic rings. The van der Waals surface area contributed by atoms with Crippen molar-refractivity contribution in [3.63, 3.8) is 0 Å². The normalized spacial score (nSPS) is 27.8. The molecular formula is C17H23N3O. The first-order valence-electron chi connectivity index (χ1n) is 8.23. The van der Waals surface area contributed by atoms with E-state index in [-0.39, 0.29) is 5.91 Å². The summed E-state index contributed by atoms with van der Waals surface area (Å²) < 4.78 is 0. The molecule has 1 aromatic rings. The van der Waals surface area contributed by atoms with E-state index < -0.39 is 0 Å². The minimum absolute atomic E-state index is 0.0972. The fourth-order valence-electron chi connectivity index (χ4n) is 4.20. The third kappa shape index (κ3) is 2.31. The van der Waals surface area contributed by atoms with Crippen LogP contribution in [0.15, 0.2) is 18.2 Å². The minimum atomic E-state index is 0.0972. The first-order valence-corrected chi connectivity index (χ1v) is 8.23. The maximum absolute atomic E-state index is 12.7. The van der Waals surface area contributed by atoms with Crippen molar-refractivity contribution >= 4 is 11.6 Å². The van der Waals surface area contributed by atoms with Crippen molar-refractivity contribution in [2.75, 3.05) is 25.0 Å². The molecule has 4 rings (SSSR count). The average molecular weight is 285 g/mol. The highest BCUT2D eigenvalue weighted by Gasteiger charge is 2.38. The van der Waals surface area contributed by atoms with Gasteiger partial charge in [-0.15, -0.1) is 0 Å². The summed E-state index contributed by atoms with van der Waals surface area (Å²) >= 11 is 0. The van der Waals surface area contributed by atoms with Crippen LogP contribution in [0, 0.1) is 0 Å². The van der Waals surface area contributed by atoms with Gasteiger partial charge >= 0.3 is 0 Å². The highest BCUT2D eigenvalue weighted by atomic mass is 16.1. The van der Waals surface area contributed by atoms with E-state index in [4.69, 9.17) is 0 Å². The number of fused-ring (bicyclic) bond motifs is 2. The molecule has 112 valence electrons. The Morgan fingerprint density at radius 3 is 3.14 bits per heavy atom. The molecule has 1 aromatic carbocycles. The Kier molecular flexibility index (Phi) is 3.34. The van der Waals surface area contributed by atoms with Crippen molar-refractivity contribution in [3.05, 3.63) is 29.3 Å². The zero-order chi connectivity index (χ0) is 14.2. The molecule has 3 aliphatic heterocycles. The predicted molar refractivity (Wildman–Crippen MR) is 83.7 cm³/mol. The van der Waals surface area contributed by atoms with Crippen LogP contribution >= 0.6 is 0 Å². The van der Waals surface area contributed by atoms with Gasteiger partial charge in [-0.25, -0.2) is 0 Å². The molecular weight excluding hydrogens is 262 g/mol. The molecule has 21 heavy (non-hydrogen) atoms. The van der Waals surface area contributed by atoms with Crippen LogP contribution in [0.3, 0.4) is 0 Å². The minimum Gasteiger partial charge on any atom is -0.384 e. The molecule has 2 unspecified atom stereocenters. The van der Waals surface area contributed by atoms with Crippen LogP contribution < -0.4 is 10.6 Å². The summed E-state index contributed by atoms with van der Waals surface area (Å²) in [5.74, 6) is 0.0972. The van der Waals surface area contributed by atoms with E-state index in [2.05, 4.69) is 21.6 Å². The molecule has 0 radical (unpaired) electrons. The molecule has 3 heterocycles. The third-order valence-electron chi connectivity index (χ3n) is 5.24. The van der Waals surface area contributed by atoms with Gasteiger partial charge in [-0.2, -0.15) is 0 Å². The number of aryl methyl sites for hydroxylation is 1. The van der Waals surface area contributed by atoms with E-state index in [0.717, 1.165) is 43.6 Å². The molecule has 0 bridgehead atoms. The van der Waals surface area contributed by atoms with Gasteiger partial charge in [0, 0.05) is 25.2 Å². The number of benzene rings is 1. The Labute approximate surface area is 125 Å². The number of nitrogens with one attached hydrogen (secondary N) is 2. The monoisotopic (exact) mass is 285 g/mol. The zero-order valence-electron chi connectivity index (χ0n) is 12.4. The van der Waals surface area contributed by atoms with E-state index in [9.17, 15) is 4.79 Å². The van der Waals surface area contributed by atoms with Gasteiger partial charge in [0.05, 0.1) is 11.3 Å². The van der Waals surface area contributed by atoms with E-state index in [0.29, 0.717) is 12.1 Å². The Balaban J connectivity index is 1.53. The van der Waals surface area contributed by atoms with Gasteiger partial charge in [0.25, 0.3) is 5.91 Å². The van der Waals surface area contributed by atoms with Crippen LogP contribution in [0.2, 0.25) is 0 Å². The van der Waals surface area contributed by atoms with Gasteiger partial charge in [0.15, 0.2) is 0 Å². The molecule has 2 N–H and O–H groups in total. The lowest BCUT2D eigenvalue weighted by atomic mass is 9.98. The number of rotatable bonds is 2. The Bertz CT molecular complexity index is 557. The molecule has 2 saturated heterocycles. The van der Waals surface area contributed by atoms with Crippen molar-refractivity contribution in [1.29, 1.82) is 0 Å². The van der Waals surface area contributed by atoms with Crippen LogP contribution in [0.1, 0.15) is 41.6 Å². The SMILES string of the molecule is O=C(NC1CCN2CCCC12)c1cccc2c1NCCC2. The van der Waals surface area contributed by atoms with Crippen LogP contribution in [-0.4, -0.2) is 42.5 Å². The number of nitrogens with zero attached hydrogens (tertiary/aromatic N) is 1. The molecule has 4 nitrogen and oxygen atoms in total. The Hall–Kier alpha value is -1.55. The number of para-hydroxylation sites is 1. The highest BCUT2D eigenvalue weighted by Crippen LogP contribution is 2.29. The van der Waals surface area contributed by atoms with Gasteiger partial charge in [-0.3, -0.25) is 9.69 Å². The largest absolute Gasteiger partial charge is 0.384 e. The first kappa shape index (κ1) is 13.1. The van der Waals surface area contributed by atoms with Gasteiger partial charge in [0.2, 0.25) is 0 Å². The number of anilines is 1. The van der Waals surface area contributed by atoms with E-state index >= 15 is 0 Å². The summed E-state index contributed by atoms with van der Waals surface area (Å²) in [6, 6.07) is 7.00. The molecule has 2 atom stereocenters. The summed E-state index contributed by atoms with van der Waals surface area (Å²) in [6.07, 6.45) is 5.83. The van der Waals surface area contributed by atoms with E-state index in [1.807, 2.05) is 12.1 Å². The first-order chi connectivity index (χ1) is 10.3. The van der Waals surface area contributed by atoms with E-state index in [1.54, 1.807) is 0 Å². The number of carbonyl (C=O) groups is 1. The zero-order valence-corrected chi connectivity index (χ0v) is 12.4. The van der Waals surface area contributed by atoms with Gasteiger partial charge < -0.3 is 10.6 Å². The smallest absolute Gasteiger partial charge is 0.253 e. The summed E-state index contributed by atoms with van der Waals surface area (Å²) in [6.45, 7) is 3.32. The lowest BCUT2D eigenvalue weighted by molar-refractivity contribution is 0.0930. The standard InChI is InChI=1S/C17H23N3O/c21-17(19-14-8-11-20-10-3-7-15(14)20)13-6-1-4-12-5-2-9-18-16(12)13/h1,4,6,14-15,18H,2-3,5,7-11H2,(H,19,21). The number of carbonyl (C=O) groups excluding carboxylic acids is 1. The maximum Gasteiger partial charge on any atom is 0.253 e. The summed E-state index contributed by atoms with van der Waals surface area (Å²) in [5.41, 5.74) is 3.16. The second kappa shape index (κ2) is 5.34. The van der Waals surface area contributed by atoms with Crippen LogP contribution in [-0.2, 0) is 6.42 Å². The number of amides is 1. The topological polar surface area (TPSA) is 44.4 Å². The van der Waals surface area contributed by atoms with Crippen molar-refractivity contribution in [1.82, 2.24) is 10.2 Å². The third-order valence-corrected chi connectivity index (χ3v) is 5.24. The fourth-order valence-corrected chi connectivity index (χ4v) is 4.20. The molecule has 0 aliphatic carbocycles. The number of hydrogen-bond acceptors (Lipinski definition) is 3. The average Bonchev–Trinajstić information content (AvgIpc) is 3.12. The summed E-state index contributed by atoms with van der Waals surface area (Å²) in [5, 5.41) is 6.71. The van der Waals surface area contributed by atoms with Crippen LogP contribution in [0.25, 0.3) is 0 Å². The molecule has 0 aromatic heterocycles. The number of hydrogen-bond donors (Lipinski definition) is 2. The predicted octanol–water partition coefficient (Wildman–Crippen LogP) is 2.01. The highest BCUT2D eigenvalue weighted by molar-refractivity contribution is 6.00. The fraction of sp³-hybridized carbons (Fsp3) is 0.588. The van der Waals surface area contributed by atoms with Crippen molar-refractivity contribution in [2.24, 2.45) is 0 Å². The Morgan fingerprint density at radius 2 is 2.19 bits per heavy atom. The van der Waals surface area contributed by atoms with Gasteiger partial charge in [0.1, 0.15) is 0 Å². The van der Waals surface area contributed by atoms with Crippen molar-refractivity contribution < 1.29 is 4.79 Å². The summed E-state index contributed by atoms with van der Waals surface area (Å²) in [4.78, 5) is 15.2. The lowest BCUT2D eigenvalue weighted by Crippen LogP contribution is -2.42. The Morgan fingerprint density at radius 1 is 1.24 bits per heavy atom. The molecule has 1 amide bonds. The lowest BCUT2D eigenvalue weighted by Gasteiger charge is -2.24. The summed E-state index contributed by atoms with van der Waals surface area (Å²) in [7, 11) is 0. The van der Waals surface area contributed by atoms with Crippen LogP contribution in [0.5, 0.6) is 0 Å². The second-order valence-electron chi connectivity index (χ2n) is 6.48. The van der Waals surface area contributed by atoms with Crippen molar-refractivity contribution in [3.8, 4) is 0 Å². The molecule has 0 saturated carbocycles.